The van der Waals surface area contributed by atoms with E-state index < -0.39 is 0 Å². The molecule has 2 fully saturated rings. The minimum atomic E-state index is 0.491. The van der Waals surface area contributed by atoms with E-state index in [9.17, 15) is 0 Å². The molecule has 2 unspecified atom stereocenters. The zero-order chi connectivity index (χ0) is 12.3. The van der Waals surface area contributed by atoms with Crippen LogP contribution in [0.15, 0.2) is 0 Å². The molecule has 100 valence electrons. The van der Waals surface area contributed by atoms with Crippen LogP contribution >= 0.6 is 0 Å². The molecule has 2 heteroatoms. The van der Waals surface area contributed by atoms with Gasteiger partial charge in [0.1, 0.15) is 0 Å². The third kappa shape index (κ3) is 3.23. The summed E-state index contributed by atoms with van der Waals surface area (Å²) < 4.78 is 0. The van der Waals surface area contributed by atoms with E-state index in [4.69, 9.17) is 0 Å². The van der Waals surface area contributed by atoms with Crippen molar-refractivity contribution in [3.8, 4) is 0 Å². The van der Waals surface area contributed by atoms with Gasteiger partial charge in [0, 0.05) is 18.1 Å². The van der Waals surface area contributed by atoms with Gasteiger partial charge in [0.25, 0.3) is 0 Å². The Balaban J connectivity index is 1.89. The molecule has 2 aliphatic rings. The Morgan fingerprint density at radius 2 is 2.18 bits per heavy atom. The van der Waals surface area contributed by atoms with Crippen LogP contribution in [0.5, 0.6) is 0 Å². The summed E-state index contributed by atoms with van der Waals surface area (Å²) >= 11 is 0. The second-order valence-electron chi connectivity index (χ2n) is 6.47. The van der Waals surface area contributed by atoms with Crippen LogP contribution < -0.4 is 5.32 Å². The zero-order valence-electron chi connectivity index (χ0n) is 12.0. The average Bonchev–Trinajstić information content (AvgIpc) is 2.78. The van der Waals surface area contributed by atoms with Gasteiger partial charge in [0.15, 0.2) is 0 Å². The highest BCUT2D eigenvalue weighted by Crippen LogP contribution is 2.33. The molecule has 0 aliphatic carbocycles. The van der Waals surface area contributed by atoms with E-state index in [2.05, 4.69) is 31.0 Å². The molecule has 0 amide bonds. The maximum Gasteiger partial charge on any atom is 0.0182 e. The quantitative estimate of drug-likeness (QED) is 0.810. The lowest BCUT2D eigenvalue weighted by molar-refractivity contribution is 0.115. The summed E-state index contributed by atoms with van der Waals surface area (Å²) in [6, 6.07) is 0.729. The first-order chi connectivity index (χ1) is 8.15. The van der Waals surface area contributed by atoms with Crippen molar-refractivity contribution in [2.45, 2.75) is 70.9 Å². The standard InChI is InChI=1S/C15H30N2/c1-4-15(8-6-9-16-15)11-14-7-5-10-17(12-14)13(2)3/h13-14,16H,4-12H2,1-3H3. The van der Waals surface area contributed by atoms with Gasteiger partial charge in [-0.25, -0.2) is 0 Å². The molecule has 0 spiro atoms. The topological polar surface area (TPSA) is 15.3 Å². The smallest absolute Gasteiger partial charge is 0.0182 e. The van der Waals surface area contributed by atoms with Gasteiger partial charge in [-0.05, 0) is 71.4 Å². The van der Waals surface area contributed by atoms with Crippen LogP contribution in [0, 0.1) is 5.92 Å². The van der Waals surface area contributed by atoms with Crippen molar-refractivity contribution in [2.75, 3.05) is 19.6 Å². The van der Waals surface area contributed by atoms with Crippen molar-refractivity contribution < 1.29 is 0 Å². The Morgan fingerprint density at radius 3 is 2.76 bits per heavy atom. The van der Waals surface area contributed by atoms with Gasteiger partial charge in [0.2, 0.25) is 0 Å². The maximum absolute atomic E-state index is 3.79. The van der Waals surface area contributed by atoms with Crippen LogP contribution in [0.2, 0.25) is 0 Å². The number of likely N-dealkylation sites (tertiary alicyclic amines) is 1. The molecule has 2 atom stereocenters. The predicted molar refractivity (Wildman–Crippen MR) is 74.3 cm³/mol. The second kappa shape index (κ2) is 5.71. The third-order valence-electron chi connectivity index (χ3n) is 4.97. The number of hydrogen-bond donors (Lipinski definition) is 1. The van der Waals surface area contributed by atoms with Crippen LogP contribution in [0.1, 0.15) is 59.3 Å². The fourth-order valence-corrected chi connectivity index (χ4v) is 3.77. The summed E-state index contributed by atoms with van der Waals surface area (Å²) in [4.78, 5) is 2.67. The molecular formula is C15H30N2. The first-order valence-electron chi connectivity index (χ1n) is 7.64. The molecule has 2 heterocycles. The minimum absolute atomic E-state index is 0.491. The van der Waals surface area contributed by atoms with Gasteiger partial charge in [-0.2, -0.15) is 0 Å². The Hall–Kier alpha value is -0.0800. The maximum atomic E-state index is 3.79. The van der Waals surface area contributed by atoms with Gasteiger partial charge in [0.05, 0.1) is 0 Å². The van der Waals surface area contributed by atoms with Crippen molar-refractivity contribution in [2.24, 2.45) is 5.92 Å². The highest BCUT2D eigenvalue weighted by molar-refractivity contribution is 4.94. The molecule has 2 nitrogen and oxygen atoms in total. The molecule has 2 rings (SSSR count). The Labute approximate surface area is 107 Å². The molecule has 0 bridgehead atoms. The Kier molecular flexibility index (Phi) is 4.48. The largest absolute Gasteiger partial charge is 0.311 e. The van der Waals surface area contributed by atoms with E-state index in [1.54, 1.807) is 0 Å². The van der Waals surface area contributed by atoms with Gasteiger partial charge in [-0.1, -0.05) is 6.92 Å². The monoisotopic (exact) mass is 238 g/mol. The molecular weight excluding hydrogens is 208 g/mol. The molecule has 17 heavy (non-hydrogen) atoms. The third-order valence-corrected chi connectivity index (χ3v) is 4.97. The van der Waals surface area contributed by atoms with Crippen molar-refractivity contribution in [3.63, 3.8) is 0 Å². The van der Waals surface area contributed by atoms with E-state index in [0.29, 0.717) is 5.54 Å². The zero-order valence-corrected chi connectivity index (χ0v) is 12.0. The van der Waals surface area contributed by atoms with Crippen molar-refractivity contribution in [1.82, 2.24) is 10.2 Å². The number of rotatable bonds is 4. The number of piperidine rings is 1. The molecule has 1 N–H and O–H groups in total. The number of nitrogens with one attached hydrogen (secondary N) is 1. The molecule has 0 radical (unpaired) electrons. The minimum Gasteiger partial charge on any atom is -0.311 e. The highest BCUT2D eigenvalue weighted by atomic mass is 15.2. The fraction of sp³-hybridized carbons (Fsp3) is 1.00. The summed E-state index contributed by atoms with van der Waals surface area (Å²) in [5.74, 6) is 0.927. The lowest BCUT2D eigenvalue weighted by Gasteiger charge is -2.40. The average molecular weight is 238 g/mol. The number of hydrogen-bond acceptors (Lipinski definition) is 2. The first-order valence-corrected chi connectivity index (χ1v) is 7.64. The molecule has 2 aliphatic heterocycles. The van der Waals surface area contributed by atoms with Crippen molar-refractivity contribution in [3.05, 3.63) is 0 Å². The Morgan fingerprint density at radius 1 is 1.35 bits per heavy atom. The number of nitrogens with zero attached hydrogens (tertiary/aromatic N) is 1. The van der Waals surface area contributed by atoms with E-state index in [1.807, 2.05) is 0 Å². The summed E-state index contributed by atoms with van der Waals surface area (Å²) in [5.41, 5.74) is 0.491. The van der Waals surface area contributed by atoms with Crippen LogP contribution in [-0.2, 0) is 0 Å². The fourth-order valence-electron chi connectivity index (χ4n) is 3.77. The summed E-state index contributed by atoms with van der Waals surface area (Å²) in [6.07, 6.45) is 8.36. The van der Waals surface area contributed by atoms with Crippen LogP contribution in [-0.4, -0.2) is 36.1 Å². The van der Waals surface area contributed by atoms with Crippen molar-refractivity contribution >= 4 is 0 Å². The van der Waals surface area contributed by atoms with E-state index in [0.717, 1.165) is 12.0 Å². The van der Waals surface area contributed by atoms with Gasteiger partial charge < -0.3 is 10.2 Å². The lowest BCUT2D eigenvalue weighted by atomic mass is 9.80. The van der Waals surface area contributed by atoms with Crippen LogP contribution in [0.3, 0.4) is 0 Å². The highest BCUT2D eigenvalue weighted by Gasteiger charge is 2.35. The van der Waals surface area contributed by atoms with E-state index in [1.165, 1.54) is 58.2 Å². The summed E-state index contributed by atoms with van der Waals surface area (Å²) in [5, 5.41) is 3.79. The summed E-state index contributed by atoms with van der Waals surface area (Å²) in [6.45, 7) is 10.9. The molecule has 0 aromatic heterocycles. The van der Waals surface area contributed by atoms with Gasteiger partial charge in [-0.3, -0.25) is 0 Å². The summed E-state index contributed by atoms with van der Waals surface area (Å²) in [7, 11) is 0. The van der Waals surface area contributed by atoms with Gasteiger partial charge in [-0.15, -0.1) is 0 Å². The predicted octanol–water partition coefficient (Wildman–Crippen LogP) is 3.03. The van der Waals surface area contributed by atoms with E-state index in [-0.39, 0.29) is 0 Å². The molecule has 0 aromatic rings. The van der Waals surface area contributed by atoms with Crippen LogP contribution in [0.25, 0.3) is 0 Å². The molecule has 0 saturated carbocycles. The SMILES string of the molecule is CCC1(CC2CCCN(C(C)C)C2)CCCN1. The van der Waals surface area contributed by atoms with Gasteiger partial charge >= 0.3 is 0 Å². The normalized spacial score (nSPS) is 35.6. The lowest BCUT2D eigenvalue weighted by Crippen LogP contribution is -2.46. The Bertz CT molecular complexity index is 231. The van der Waals surface area contributed by atoms with Crippen LogP contribution in [0.4, 0.5) is 0 Å². The first kappa shape index (κ1) is 13.4. The van der Waals surface area contributed by atoms with E-state index >= 15 is 0 Å². The second-order valence-corrected chi connectivity index (χ2v) is 6.47. The molecule has 2 saturated heterocycles. The van der Waals surface area contributed by atoms with Crippen molar-refractivity contribution in [1.29, 1.82) is 0 Å². The molecule has 0 aromatic carbocycles.